The Balaban J connectivity index is 2.12. The van der Waals surface area contributed by atoms with Gasteiger partial charge in [0.25, 0.3) is 0 Å². The molecular weight excluding hydrogens is 188 g/mol. The van der Waals surface area contributed by atoms with Gasteiger partial charge in [-0.15, -0.1) is 0 Å². The van der Waals surface area contributed by atoms with Crippen molar-refractivity contribution in [1.82, 2.24) is 9.97 Å². The number of aryl methyl sites for hydroxylation is 2. The first-order valence-corrected chi connectivity index (χ1v) is 5.66. The van der Waals surface area contributed by atoms with E-state index in [2.05, 4.69) is 9.97 Å². The number of hydrogen-bond acceptors (Lipinski definition) is 3. The fraction of sp³-hybridized carbons (Fsp3) is 0.583. The van der Waals surface area contributed by atoms with Crippen LogP contribution in [0.5, 0.6) is 0 Å². The summed E-state index contributed by atoms with van der Waals surface area (Å²) in [5.74, 6) is 1.78. The molecule has 0 aliphatic heterocycles. The summed E-state index contributed by atoms with van der Waals surface area (Å²) in [6, 6.07) is 0. The van der Waals surface area contributed by atoms with Crippen LogP contribution in [0.15, 0.2) is 0 Å². The van der Waals surface area contributed by atoms with Gasteiger partial charge in [0.2, 0.25) is 0 Å². The van der Waals surface area contributed by atoms with Gasteiger partial charge in [0.05, 0.1) is 17.0 Å². The molecule has 3 nitrogen and oxygen atoms in total. The maximum atomic E-state index is 11.7. The molecule has 0 radical (unpaired) electrons. The van der Waals surface area contributed by atoms with Crippen molar-refractivity contribution in [2.75, 3.05) is 0 Å². The lowest BCUT2D eigenvalue weighted by Crippen LogP contribution is -2.17. The largest absolute Gasteiger partial charge is 0.294 e. The van der Waals surface area contributed by atoms with Crippen LogP contribution in [0.3, 0.4) is 0 Å². The Labute approximate surface area is 88.9 Å². The zero-order valence-electron chi connectivity index (χ0n) is 8.92. The van der Waals surface area contributed by atoms with Crippen LogP contribution < -0.4 is 0 Å². The van der Waals surface area contributed by atoms with Gasteiger partial charge in [-0.3, -0.25) is 4.79 Å². The molecule has 15 heavy (non-hydrogen) atoms. The molecule has 2 aliphatic rings. The minimum Gasteiger partial charge on any atom is -0.294 e. The van der Waals surface area contributed by atoms with Crippen LogP contribution in [-0.2, 0) is 6.42 Å². The number of carbonyl (C=O) groups is 1. The first kappa shape index (κ1) is 9.01. The van der Waals surface area contributed by atoms with Crippen molar-refractivity contribution < 1.29 is 4.79 Å². The Kier molecular flexibility index (Phi) is 1.87. The molecule has 0 saturated heterocycles. The van der Waals surface area contributed by atoms with E-state index in [0.29, 0.717) is 12.3 Å². The average molecular weight is 202 g/mol. The van der Waals surface area contributed by atoms with E-state index in [9.17, 15) is 4.79 Å². The predicted octanol–water partition coefficient (Wildman–Crippen LogP) is 2.18. The van der Waals surface area contributed by atoms with Gasteiger partial charge in [-0.25, -0.2) is 9.97 Å². The molecular formula is C12H14N2O. The smallest absolute Gasteiger partial charge is 0.166 e. The Morgan fingerprint density at radius 1 is 1.20 bits per heavy atom. The highest BCUT2D eigenvalue weighted by Crippen LogP contribution is 2.38. The van der Waals surface area contributed by atoms with Crippen LogP contribution in [0.1, 0.15) is 59.2 Å². The highest BCUT2D eigenvalue weighted by molar-refractivity contribution is 5.98. The topological polar surface area (TPSA) is 42.9 Å². The number of rotatable bonds is 1. The van der Waals surface area contributed by atoms with Gasteiger partial charge >= 0.3 is 0 Å². The number of fused-ring (bicyclic) bond motifs is 1. The molecule has 3 rings (SSSR count). The molecule has 78 valence electrons. The van der Waals surface area contributed by atoms with Gasteiger partial charge < -0.3 is 0 Å². The van der Waals surface area contributed by atoms with E-state index >= 15 is 0 Å². The summed E-state index contributed by atoms with van der Waals surface area (Å²) in [4.78, 5) is 20.7. The summed E-state index contributed by atoms with van der Waals surface area (Å²) >= 11 is 0. The van der Waals surface area contributed by atoms with Gasteiger partial charge in [0.15, 0.2) is 5.78 Å². The maximum absolute atomic E-state index is 11.7. The Bertz CT molecular complexity index is 435. The average Bonchev–Trinajstić information content (AvgIpc) is 3.00. The van der Waals surface area contributed by atoms with Gasteiger partial charge in [0.1, 0.15) is 5.82 Å². The van der Waals surface area contributed by atoms with E-state index in [4.69, 9.17) is 0 Å². The second-order valence-corrected chi connectivity index (χ2v) is 4.54. The van der Waals surface area contributed by atoms with Crippen LogP contribution in [0.25, 0.3) is 0 Å². The van der Waals surface area contributed by atoms with E-state index in [1.165, 1.54) is 12.8 Å². The number of carbonyl (C=O) groups excluding carboxylic acids is 1. The van der Waals surface area contributed by atoms with E-state index < -0.39 is 0 Å². The monoisotopic (exact) mass is 202 g/mol. The fourth-order valence-electron chi connectivity index (χ4n) is 2.26. The van der Waals surface area contributed by atoms with Gasteiger partial charge in [-0.2, -0.15) is 0 Å². The number of ketones is 1. The van der Waals surface area contributed by atoms with E-state index in [1.54, 1.807) is 0 Å². The van der Waals surface area contributed by atoms with Crippen molar-refractivity contribution in [2.45, 2.75) is 44.9 Å². The summed E-state index contributed by atoms with van der Waals surface area (Å²) < 4.78 is 0. The summed E-state index contributed by atoms with van der Waals surface area (Å²) in [5, 5.41) is 0. The first-order chi connectivity index (χ1) is 7.25. The van der Waals surface area contributed by atoms with Crippen LogP contribution in [0.2, 0.25) is 0 Å². The normalized spacial score (nSPS) is 20.2. The van der Waals surface area contributed by atoms with E-state index in [-0.39, 0.29) is 5.78 Å². The minimum atomic E-state index is 0.232. The Morgan fingerprint density at radius 2 is 2.00 bits per heavy atom. The number of hydrogen-bond donors (Lipinski definition) is 0. The molecule has 2 aliphatic carbocycles. The van der Waals surface area contributed by atoms with Crippen molar-refractivity contribution >= 4 is 5.78 Å². The number of nitrogens with zero attached hydrogens (tertiary/aromatic N) is 2. The highest BCUT2D eigenvalue weighted by atomic mass is 16.1. The van der Waals surface area contributed by atoms with E-state index in [1.807, 2.05) is 6.92 Å². The van der Waals surface area contributed by atoms with E-state index in [0.717, 1.165) is 35.6 Å². The molecule has 1 aromatic rings. The lowest BCUT2D eigenvalue weighted by molar-refractivity contribution is 0.0970. The van der Waals surface area contributed by atoms with Crippen LogP contribution in [-0.4, -0.2) is 15.8 Å². The second kappa shape index (κ2) is 3.12. The predicted molar refractivity (Wildman–Crippen MR) is 56.0 cm³/mol. The molecule has 0 aromatic carbocycles. The van der Waals surface area contributed by atoms with Crippen LogP contribution in [0.4, 0.5) is 0 Å². The lowest BCUT2D eigenvalue weighted by atomic mass is 9.93. The zero-order valence-corrected chi connectivity index (χ0v) is 8.92. The van der Waals surface area contributed by atoms with Gasteiger partial charge in [-0.05, 0) is 32.6 Å². The Morgan fingerprint density at radius 3 is 2.73 bits per heavy atom. The van der Waals surface area contributed by atoms with Gasteiger partial charge in [0, 0.05) is 12.3 Å². The van der Waals surface area contributed by atoms with Crippen molar-refractivity contribution in [1.29, 1.82) is 0 Å². The minimum absolute atomic E-state index is 0.232. The quantitative estimate of drug-likeness (QED) is 0.701. The summed E-state index contributed by atoms with van der Waals surface area (Å²) in [7, 11) is 0. The molecule has 1 saturated carbocycles. The Hall–Kier alpha value is -1.25. The molecule has 0 N–H and O–H groups in total. The first-order valence-electron chi connectivity index (χ1n) is 5.66. The third kappa shape index (κ3) is 1.46. The third-order valence-electron chi connectivity index (χ3n) is 3.22. The van der Waals surface area contributed by atoms with Crippen LogP contribution in [0, 0.1) is 6.92 Å². The molecule has 0 atom stereocenters. The molecule has 1 aromatic heterocycles. The fourth-order valence-corrected chi connectivity index (χ4v) is 2.26. The number of Topliss-reactive ketones (excluding diaryl/α,β-unsaturated/α-hetero) is 1. The molecule has 3 heteroatoms. The van der Waals surface area contributed by atoms with Crippen molar-refractivity contribution in [3.63, 3.8) is 0 Å². The summed E-state index contributed by atoms with van der Waals surface area (Å²) in [6.07, 6.45) is 4.99. The molecule has 0 unspecified atom stereocenters. The second-order valence-electron chi connectivity index (χ2n) is 4.54. The highest BCUT2D eigenvalue weighted by Gasteiger charge is 2.30. The van der Waals surface area contributed by atoms with Crippen LogP contribution >= 0.6 is 0 Å². The standard InChI is InChI=1S/C12H14N2O/c1-7-11-9(3-2-4-10(11)15)14-12(13-7)8-5-6-8/h8H,2-6H2,1H3. The lowest BCUT2D eigenvalue weighted by Gasteiger charge is -2.16. The molecule has 1 fully saturated rings. The van der Waals surface area contributed by atoms with Crippen molar-refractivity contribution in [3.05, 3.63) is 22.8 Å². The summed E-state index contributed by atoms with van der Waals surface area (Å²) in [6.45, 7) is 1.94. The maximum Gasteiger partial charge on any atom is 0.166 e. The summed E-state index contributed by atoms with van der Waals surface area (Å²) in [5.41, 5.74) is 2.71. The van der Waals surface area contributed by atoms with Crippen molar-refractivity contribution in [3.8, 4) is 0 Å². The van der Waals surface area contributed by atoms with Crippen molar-refractivity contribution in [2.24, 2.45) is 0 Å². The molecule has 1 heterocycles. The molecule has 0 spiro atoms. The molecule has 0 bridgehead atoms. The SMILES string of the molecule is Cc1nc(C2CC2)nc2c1C(=O)CCC2. The molecule has 0 amide bonds. The third-order valence-corrected chi connectivity index (χ3v) is 3.22. The zero-order chi connectivity index (χ0) is 10.4. The van der Waals surface area contributed by atoms with Gasteiger partial charge in [-0.1, -0.05) is 0 Å². The number of aromatic nitrogens is 2.